The molecule has 1 unspecified atom stereocenters. The SMILES string of the molecule is CCCCCC/C(N)=C/PCCCCC. The third-order valence-electron chi connectivity index (χ3n) is 2.53. The molecule has 0 rings (SSSR count). The second-order valence-corrected chi connectivity index (χ2v) is 5.39. The first kappa shape index (κ1) is 15.0. The molecule has 0 spiro atoms. The van der Waals surface area contributed by atoms with Gasteiger partial charge < -0.3 is 5.73 Å². The molecule has 0 aliphatic rings. The van der Waals surface area contributed by atoms with Crippen LogP contribution in [0.2, 0.25) is 0 Å². The fourth-order valence-corrected chi connectivity index (χ4v) is 2.51. The van der Waals surface area contributed by atoms with Gasteiger partial charge in [0.15, 0.2) is 0 Å². The smallest absolute Gasteiger partial charge is 0.00827 e. The fourth-order valence-electron chi connectivity index (χ4n) is 1.51. The van der Waals surface area contributed by atoms with Crippen molar-refractivity contribution in [3.05, 3.63) is 11.5 Å². The average molecular weight is 229 g/mol. The highest BCUT2D eigenvalue weighted by atomic mass is 31.1. The zero-order valence-electron chi connectivity index (χ0n) is 10.5. The summed E-state index contributed by atoms with van der Waals surface area (Å²) < 4.78 is 0. The van der Waals surface area contributed by atoms with E-state index in [9.17, 15) is 0 Å². The lowest BCUT2D eigenvalue weighted by atomic mass is 10.1. The zero-order valence-corrected chi connectivity index (χ0v) is 11.5. The van der Waals surface area contributed by atoms with Crippen LogP contribution in [0.25, 0.3) is 0 Å². The van der Waals surface area contributed by atoms with Gasteiger partial charge >= 0.3 is 0 Å². The van der Waals surface area contributed by atoms with Crippen LogP contribution in [0, 0.1) is 0 Å². The third-order valence-corrected chi connectivity index (χ3v) is 3.75. The quantitative estimate of drug-likeness (QED) is 0.429. The summed E-state index contributed by atoms with van der Waals surface area (Å²) in [6.07, 6.45) is 11.8. The highest BCUT2D eigenvalue weighted by Crippen LogP contribution is 2.18. The van der Waals surface area contributed by atoms with Crippen molar-refractivity contribution < 1.29 is 0 Å². The Hall–Kier alpha value is -0.0300. The maximum Gasteiger partial charge on any atom is 0.00827 e. The lowest BCUT2D eigenvalue weighted by molar-refractivity contribution is 0.662. The van der Waals surface area contributed by atoms with Crippen molar-refractivity contribution in [1.82, 2.24) is 0 Å². The van der Waals surface area contributed by atoms with Crippen LogP contribution in [0.3, 0.4) is 0 Å². The highest BCUT2D eigenvalue weighted by molar-refractivity contribution is 7.41. The molecule has 0 saturated heterocycles. The van der Waals surface area contributed by atoms with Gasteiger partial charge in [-0.25, -0.2) is 0 Å². The number of hydrogen-bond acceptors (Lipinski definition) is 1. The fraction of sp³-hybridized carbons (Fsp3) is 0.846. The summed E-state index contributed by atoms with van der Waals surface area (Å²) in [5.74, 6) is 2.27. The molecule has 0 amide bonds. The Balaban J connectivity index is 3.27. The minimum atomic E-state index is 0.948. The van der Waals surface area contributed by atoms with E-state index in [1.54, 1.807) is 0 Å². The second kappa shape index (κ2) is 12.0. The first-order valence-electron chi connectivity index (χ1n) is 6.49. The van der Waals surface area contributed by atoms with E-state index in [1.165, 1.54) is 51.1 Å². The van der Waals surface area contributed by atoms with Crippen LogP contribution in [0.5, 0.6) is 0 Å². The Bertz CT molecular complexity index is 155. The van der Waals surface area contributed by atoms with Gasteiger partial charge in [0.1, 0.15) is 0 Å². The monoisotopic (exact) mass is 229 g/mol. The number of nitrogens with two attached hydrogens (primary N) is 1. The second-order valence-electron chi connectivity index (χ2n) is 4.19. The first-order valence-corrected chi connectivity index (χ1v) is 7.77. The Morgan fingerprint density at radius 1 is 1.00 bits per heavy atom. The lowest BCUT2D eigenvalue weighted by Gasteiger charge is -2.01. The Morgan fingerprint density at radius 2 is 1.67 bits per heavy atom. The van der Waals surface area contributed by atoms with Crippen molar-refractivity contribution in [1.29, 1.82) is 0 Å². The van der Waals surface area contributed by atoms with Crippen LogP contribution in [0.15, 0.2) is 11.5 Å². The zero-order chi connectivity index (χ0) is 11.4. The molecule has 2 N–H and O–H groups in total. The van der Waals surface area contributed by atoms with Crippen molar-refractivity contribution in [2.75, 3.05) is 6.16 Å². The third kappa shape index (κ3) is 11.9. The summed E-state index contributed by atoms with van der Waals surface area (Å²) in [4.78, 5) is 0. The van der Waals surface area contributed by atoms with Crippen LogP contribution < -0.4 is 5.73 Å². The van der Waals surface area contributed by atoms with Gasteiger partial charge in [-0.3, -0.25) is 0 Å². The molecule has 1 nitrogen and oxygen atoms in total. The van der Waals surface area contributed by atoms with Crippen molar-refractivity contribution in [2.24, 2.45) is 5.73 Å². The van der Waals surface area contributed by atoms with E-state index in [0.29, 0.717) is 0 Å². The molecule has 15 heavy (non-hydrogen) atoms. The summed E-state index contributed by atoms with van der Waals surface area (Å²) in [5.41, 5.74) is 7.06. The van der Waals surface area contributed by atoms with E-state index in [0.717, 1.165) is 20.7 Å². The van der Waals surface area contributed by atoms with Crippen LogP contribution in [0.4, 0.5) is 0 Å². The van der Waals surface area contributed by atoms with Crippen molar-refractivity contribution >= 4 is 8.58 Å². The molecule has 0 bridgehead atoms. The van der Waals surface area contributed by atoms with Crippen LogP contribution >= 0.6 is 8.58 Å². The maximum atomic E-state index is 5.94. The van der Waals surface area contributed by atoms with Crippen molar-refractivity contribution in [3.63, 3.8) is 0 Å². The minimum Gasteiger partial charge on any atom is -0.402 e. The molecular weight excluding hydrogens is 201 g/mol. The summed E-state index contributed by atoms with van der Waals surface area (Å²) >= 11 is 0. The first-order chi connectivity index (χ1) is 7.31. The normalized spacial score (nSPS) is 12.8. The lowest BCUT2D eigenvalue weighted by Crippen LogP contribution is -1.95. The Morgan fingerprint density at radius 3 is 2.33 bits per heavy atom. The summed E-state index contributed by atoms with van der Waals surface area (Å²) in [7, 11) is 0.948. The summed E-state index contributed by atoms with van der Waals surface area (Å²) in [5, 5.41) is 0. The highest BCUT2D eigenvalue weighted by Gasteiger charge is 1.92. The predicted molar refractivity (Wildman–Crippen MR) is 73.7 cm³/mol. The van der Waals surface area contributed by atoms with Gasteiger partial charge in [0.05, 0.1) is 0 Å². The van der Waals surface area contributed by atoms with Gasteiger partial charge in [0.25, 0.3) is 0 Å². The molecule has 0 aromatic rings. The largest absolute Gasteiger partial charge is 0.402 e. The van der Waals surface area contributed by atoms with Crippen LogP contribution in [-0.4, -0.2) is 6.16 Å². The van der Waals surface area contributed by atoms with Gasteiger partial charge in [-0.15, -0.1) is 0 Å². The van der Waals surface area contributed by atoms with Crippen LogP contribution in [-0.2, 0) is 0 Å². The predicted octanol–water partition coefficient (Wildman–Crippen LogP) is 4.63. The molecule has 0 saturated carbocycles. The molecule has 0 aliphatic heterocycles. The average Bonchev–Trinajstić information content (AvgIpc) is 2.24. The number of unbranched alkanes of at least 4 members (excludes halogenated alkanes) is 5. The van der Waals surface area contributed by atoms with Gasteiger partial charge in [0, 0.05) is 5.70 Å². The maximum absolute atomic E-state index is 5.94. The molecule has 0 aromatic heterocycles. The van der Waals surface area contributed by atoms with E-state index < -0.39 is 0 Å². The minimum absolute atomic E-state index is 0.948. The standard InChI is InChI=1S/C13H28NP/c1-3-5-7-8-10-13(14)12-15-11-9-6-4-2/h12,15H,3-11,14H2,1-2H3/b13-12-. The van der Waals surface area contributed by atoms with Gasteiger partial charge in [-0.2, -0.15) is 0 Å². The van der Waals surface area contributed by atoms with Crippen molar-refractivity contribution in [3.8, 4) is 0 Å². The number of rotatable bonds is 10. The molecule has 0 fully saturated rings. The van der Waals surface area contributed by atoms with E-state index in [1.807, 2.05) is 0 Å². The van der Waals surface area contributed by atoms with E-state index >= 15 is 0 Å². The van der Waals surface area contributed by atoms with Gasteiger partial charge in [-0.1, -0.05) is 54.5 Å². The number of hydrogen-bond donors (Lipinski definition) is 1. The topological polar surface area (TPSA) is 26.0 Å². The van der Waals surface area contributed by atoms with Crippen LogP contribution in [0.1, 0.15) is 65.2 Å². The Kier molecular flexibility index (Phi) is 12.0. The van der Waals surface area contributed by atoms with Gasteiger partial charge in [-0.05, 0) is 31.2 Å². The molecule has 0 radical (unpaired) electrons. The molecular formula is C13H28NP. The van der Waals surface area contributed by atoms with Gasteiger partial charge in [0.2, 0.25) is 0 Å². The molecule has 90 valence electrons. The molecule has 0 heterocycles. The summed E-state index contributed by atoms with van der Waals surface area (Å²) in [6.45, 7) is 4.50. The molecule has 2 heteroatoms. The van der Waals surface area contributed by atoms with Crippen molar-refractivity contribution in [2.45, 2.75) is 65.2 Å². The van der Waals surface area contributed by atoms with E-state index in [2.05, 4.69) is 19.7 Å². The Labute approximate surface area is 97.7 Å². The van der Waals surface area contributed by atoms with E-state index in [4.69, 9.17) is 5.73 Å². The number of allylic oxidation sites excluding steroid dienone is 1. The summed E-state index contributed by atoms with van der Waals surface area (Å²) in [6, 6.07) is 0. The molecule has 1 atom stereocenters. The molecule has 0 aromatic carbocycles. The molecule has 0 aliphatic carbocycles. The van der Waals surface area contributed by atoms with E-state index in [-0.39, 0.29) is 0 Å².